The normalized spacial score (nSPS) is 15.8. The number of carbonyl (C=O) groups is 1. The number of fused-ring (bicyclic) bond motifs is 1. The van der Waals surface area contributed by atoms with Gasteiger partial charge >= 0.3 is 0 Å². The summed E-state index contributed by atoms with van der Waals surface area (Å²) >= 11 is 0. The summed E-state index contributed by atoms with van der Waals surface area (Å²) in [5.41, 5.74) is 1.77. The second-order valence-corrected chi connectivity index (χ2v) is 7.75. The molecule has 3 aromatic rings. The molecule has 2 aromatic carbocycles. The highest BCUT2D eigenvalue weighted by atomic mass is 16.7. The van der Waals surface area contributed by atoms with Gasteiger partial charge in [0.25, 0.3) is 0 Å². The number of amides is 1. The van der Waals surface area contributed by atoms with Gasteiger partial charge in [-0.1, -0.05) is 6.07 Å². The first-order valence-corrected chi connectivity index (χ1v) is 10.7. The highest BCUT2D eigenvalue weighted by Crippen LogP contribution is 2.32. The van der Waals surface area contributed by atoms with Crippen molar-refractivity contribution in [3.8, 4) is 22.9 Å². The molecular weight excluding hydrogens is 424 g/mol. The number of benzene rings is 2. The molecule has 5 rings (SSSR count). The van der Waals surface area contributed by atoms with Crippen LogP contribution in [0, 0.1) is 0 Å². The Morgan fingerprint density at radius 2 is 1.85 bits per heavy atom. The lowest BCUT2D eigenvalue weighted by atomic mass is 10.2. The molecule has 2 aliphatic heterocycles. The molecule has 1 amide bonds. The molecule has 0 unspecified atom stereocenters. The van der Waals surface area contributed by atoms with Crippen LogP contribution in [0.3, 0.4) is 0 Å². The molecule has 1 aromatic heterocycles. The van der Waals surface area contributed by atoms with E-state index in [1.165, 1.54) is 0 Å². The molecule has 0 saturated carbocycles. The Morgan fingerprint density at radius 3 is 2.64 bits per heavy atom. The highest BCUT2D eigenvalue weighted by Gasteiger charge is 2.22. The summed E-state index contributed by atoms with van der Waals surface area (Å²) in [6.45, 7) is 3.63. The number of nitrogens with zero attached hydrogens (tertiary/aromatic N) is 6. The predicted octanol–water partition coefficient (Wildman–Crippen LogP) is 1.76. The molecule has 0 aliphatic carbocycles. The minimum absolute atomic E-state index is 0.00427. The zero-order chi connectivity index (χ0) is 22.6. The fourth-order valence-electron chi connectivity index (χ4n) is 3.84. The van der Waals surface area contributed by atoms with Crippen LogP contribution >= 0.6 is 0 Å². The smallest absolute Gasteiger partial charge is 0.246 e. The molecule has 0 N–H and O–H groups in total. The highest BCUT2D eigenvalue weighted by molar-refractivity contribution is 5.92. The molecule has 0 spiro atoms. The van der Waals surface area contributed by atoms with Crippen molar-refractivity contribution in [1.29, 1.82) is 0 Å². The van der Waals surface area contributed by atoms with Crippen LogP contribution in [0.15, 0.2) is 48.5 Å². The molecular formula is C23H24N6O4. The number of hydrogen-bond acceptors (Lipinski definition) is 8. The van der Waals surface area contributed by atoms with Crippen LogP contribution in [0.5, 0.6) is 17.2 Å². The number of tetrazole rings is 1. The maximum absolute atomic E-state index is 12.6. The SMILES string of the molecule is COc1ccc(-n2nnnc2CN2CCN(C(=O)/C=C/c3ccc4c(c3)OCO4)CC2)cc1. The summed E-state index contributed by atoms with van der Waals surface area (Å²) in [7, 11) is 1.63. The number of carbonyl (C=O) groups excluding carboxylic acids is 1. The Balaban J connectivity index is 1.15. The Labute approximate surface area is 190 Å². The third kappa shape index (κ3) is 4.65. The summed E-state index contributed by atoms with van der Waals surface area (Å²) in [6, 6.07) is 13.2. The van der Waals surface area contributed by atoms with Crippen LogP contribution in [0.4, 0.5) is 0 Å². The second-order valence-electron chi connectivity index (χ2n) is 7.75. The van der Waals surface area contributed by atoms with E-state index in [1.54, 1.807) is 23.9 Å². The Morgan fingerprint density at radius 1 is 1.06 bits per heavy atom. The van der Waals surface area contributed by atoms with E-state index in [0.717, 1.165) is 41.7 Å². The number of piperazine rings is 1. The van der Waals surface area contributed by atoms with Crippen molar-refractivity contribution in [2.24, 2.45) is 0 Å². The van der Waals surface area contributed by atoms with Gasteiger partial charge in [-0.25, -0.2) is 0 Å². The largest absolute Gasteiger partial charge is 0.497 e. The molecule has 33 heavy (non-hydrogen) atoms. The first-order valence-electron chi connectivity index (χ1n) is 10.7. The summed E-state index contributed by atoms with van der Waals surface area (Å²) in [5, 5.41) is 12.2. The average Bonchev–Trinajstić information content (AvgIpc) is 3.52. The molecule has 10 heteroatoms. The number of ether oxygens (including phenoxy) is 3. The van der Waals surface area contributed by atoms with Gasteiger partial charge in [0.1, 0.15) is 5.75 Å². The van der Waals surface area contributed by atoms with Gasteiger partial charge < -0.3 is 19.1 Å². The van der Waals surface area contributed by atoms with Crippen molar-refractivity contribution in [3.05, 3.63) is 59.9 Å². The van der Waals surface area contributed by atoms with Crippen LogP contribution in [-0.4, -0.2) is 76.0 Å². The topological polar surface area (TPSA) is 94.8 Å². The van der Waals surface area contributed by atoms with E-state index in [1.807, 2.05) is 47.4 Å². The van der Waals surface area contributed by atoms with Crippen molar-refractivity contribution in [1.82, 2.24) is 30.0 Å². The van der Waals surface area contributed by atoms with Crippen molar-refractivity contribution in [3.63, 3.8) is 0 Å². The number of rotatable bonds is 6. The third-order valence-electron chi connectivity index (χ3n) is 5.72. The number of methoxy groups -OCH3 is 1. The van der Waals surface area contributed by atoms with Gasteiger partial charge in [-0.3, -0.25) is 9.69 Å². The lowest BCUT2D eigenvalue weighted by Gasteiger charge is -2.33. The van der Waals surface area contributed by atoms with Gasteiger partial charge in [0.15, 0.2) is 17.3 Å². The number of hydrogen-bond donors (Lipinski definition) is 0. The van der Waals surface area contributed by atoms with Crippen LogP contribution in [0.25, 0.3) is 11.8 Å². The monoisotopic (exact) mass is 448 g/mol. The van der Waals surface area contributed by atoms with Gasteiger partial charge in [0.05, 0.1) is 19.3 Å². The summed E-state index contributed by atoms with van der Waals surface area (Å²) < 4.78 is 17.6. The van der Waals surface area contributed by atoms with Crippen LogP contribution < -0.4 is 14.2 Å². The van der Waals surface area contributed by atoms with Gasteiger partial charge in [-0.15, -0.1) is 5.10 Å². The van der Waals surface area contributed by atoms with E-state index in [9.17, 15) is 4.79 Å². The van der Waals surface area contributed by atoms with Crippen molar-refractivity contribution < 1.29 is 19.0 Å². The molecule has 1 fully saturated rings. The zero-order valence-electron chi connectivity index (χ0n) is 18.3. The molecule has 0 atom stereocenters. The van der Waals surface area contributed by atoms with Crippen LogP contribution in [0.1, 0.15) is 11.4 Å². The molecule has 1 saturated heterocycles. The Hall–Kier alpha value is -3.92. The van der Waals surface area contributed by atoms with Crippen LogP contribution in [0.2, 0.25) is 0 Å². The first-order chi connectivity index (χ1) is 16.2. The molecule has 10 nitrogen and oxygen atoms in total. The molecule has 2 aliphatic rings. The maximum Gasteiger partial charge on any atom is 0.246 e. The van der Waals surface area contributed by atoms with E-state index in [-0.39, 0.29) is 12.7 Å². The lowest BCUT2D eigenvalue weighted by Crippen LogP contribution is -2.48. The Kier molecular flexibility index (Phi) is 5.90. The van der Waals surface area contributed by atoms with E-state index >= 15 is 0 Å². The van der Waals surface area contributed by atoms with E-state index in [4.69, 9.17) is 14.2 Å². The molecule has 0 radical (unpaired) electrons. The average molecular weight is 448 g/mol. The molecule has 0 bridgehead atoms. The summed E-state index contributed by atoms with van der Waals surface area (Å²) in [6.07, 6.45) is 3.41. The molecule has 3 heterocycles. The van der Waals surface area contributed by atoms with Gasteiger partial charge in [-0.05, 0) is 58.5 Å². The predicted molar refractivity (Wildman–Crippen MR) is 119 cm³/mol. The quantitative estimate of drug-likeness (QED) is 0.527. The first kappa shape index (κ1) is 21.0. The standard InChI is InChI=1S/C23H24N6O4/c1-31-19-6-4-18(5-7-19)29-22(24-25-26-29)15-27-10-12-28(13-11-27)23(30)9-3-17-2-8-20-21(14-17)33-16-32-20/h2-9,14H,10-13,15-16H2,1H3/b9-3+. The maximum atomic E-state index is 12.6. The van der Waals surface area contributed by atoms with Crippen molar-refractivity contribution in [2.75, 3.05) is 40.1 Å². The van der Waals surface area contributed by atoms with Gasteiger partial charge in [-0.2, -0.15) is 4.68 Å². The Bertz CT molecular complexity index is 1150. The third-order valence-corrected chi connectivity index (χ3v) is 5.72. The minimum atomic E-state index is -0.00427. The van der Waals surface area contributed by atoms with Gasteiger partial charge in [0, 0.05) is 32.3 Å². The fraction of sp³-hybridized carbons (Fsp3) is 0.304. The summed E-state index contributed by atoms with van der Waals surface area (Å²) in [5.74, 6) is 2.96. The van der Waals surface area contributed by atoms with Crippen molar-refractivity contribution in [2.45, 2.75) is 6.54 Å². The number of aromatic nitrogens is 4. The second kappa shape index (κ2) is 9.29. The van der Waals surface area contributed by atoms with E-state index in [0.29, 0.717) is 25.4 Å². The fourth-order valence-corrected chi connectivity index (χ4v) is 3.84. The van der Waals surface area contributed by atoms with Gasteiger partial charge in [0.2, 0.25) is 12.7 Å². The van der Waals surface area contributed by atoms with Crippen LogP contribution in [-0.2, 0) is 11.3 Å². The zero-order valence-corrected chi connectivity index (χ0v) is 18.3. The van der Waals surface area contributed by atoms with Crippen molar-refractivity contribution >= 4 is 12.0 Å². The van der Waals surface area contributed by atoms with E-state index in [2.05, 4.69) is 20.4 Å². The summed E-state index contributed by atoms with van der Waals surface area (Å²) in [4.78, 5) is 16.7. The van der Waals surface area contributed by atoms with E-state index < -0.39 is 0 Å². The lowest BCUT2D eigenvalue weighted by molar-refractivity contribution is -0.127. The molecule has 170 valence electrons. The minimum Gasteiger partial charge on any atom is -0.497 e.